The number of nitrogens with zero attached hydrogens (tertiary/aromatic N) is 2. The number of hydrogen-bond acceptors (Lipinski definition) is 7. The normalized spacial score (nSPS) is 13.8. The summed E-state index contributed by atoms with van der Waals surface area (Å²) in [5, 5.41) is 3.82. The molecule has 3 aromatic rings. The molecule has 29 heavy (non-hydrogen) atoms. The number of thiazole rings is 1. The average Bonchev–Trinajstić information content (AvgIpc) is 3.10. The van der Waals surface area contributed by atoms with Crippen molar-refractivity contribution in [3.05, 3.63) is 48.0 Å². The van der Waals surface area contributed by atoms with E-state index in [4.69, 9.17) is 9.47 Å². The Kier molecular flexibility index (Phi) is 5.35. The molecule has 2 aromatic carbocycles. The number of aromatic nitrogens is 1. The third-order valence-electron chi connectivity index (χ3n) is 4.77. The van der Waals surface area contributed by atoms with E-state index in [1.54, 1.807) is 49.6 Å². The summed E-state index contributed by atoms with van der Waals surface area (Å²) in [4.78, 5) is 30.9. The lowest BCUT2D eigenvalue weighted by atomic mass is 10.00. The molecule has 1 fully saturated rings. The van der Waals surface area contributed by atoms with Crippen molar-refractivity contribution < 1.29 is 19.1 Å². The molecule has 1 saturated heterocycles. The van der Waals surface area contributed by atoms with Crippen molar-refractivity contribution in [3.8, 4) is 5.75 Å². The number of benzene rings is 2. The van der Waals surface area contributed by atoms with Crippen molar-refractivity contribution in [2.45, 2.75) is 6.92 Å². The highest BCUT2D eigenvalue weighted by molar-refractivity contribution is 7.22. The molecular formula is C21H21N3O4S. The Hall–Kier alpha value is -3.13. The van der Waals surface area contributed by atoms with Gasteiger partial charge < -0.3 is 19.7 Å². The number of ether oxygens (including phenoxy) is 2. The van der Waals surface area contributed by atoms with Gasteiger partial charge in [-0.25, -0.2) is 9.78 Å². The number of amides is 1. The maximum atomic E-state index is 12.5. The van der Waals surface area contributed by atoms with Gasteiger partial charge in [0.1, 0.15) is 5.75 Å². The van der Waals surface area contributed by atoms with E-state index in [9.17, 15) is 9.59 Å². The molecule has 0 atom stereocenters. The van der Waals surface area contributed by atoms with Gasteiger partial charge in [-0.05, 0) is 43.3 Å². The van der Waals surface area contributed by atoms with Crippen LogP contribution in [0.2, 0.25) is 0 Å². The van der Waals surface area contributed by atoms with Gasteiger partial charge >= 0.3 is 5.97 Å². The van der Waals surface area contributed by atoms with Crippen molar-refractivity contribution in [3.63, 3.8) is 0 Å². The Morgan fingerprint density at radius 3 is 2.66 bits per heavy atom. The third-order valence-corrected chi connectivity index (χ3v) is 5.87. The summed E-state index contributed by atoms with van der Waals surface area (Å²) in [6, 6.07) is 12.6. The van der Waals surface area contributed by atoms with Gasteiger partial charge in [0.15, 0.2) is 5.13 Å². The standard InChI is InChI=1S/C21H21N3O4S/c1-3-28-20(26)13-4-6-15(7-5-13)22-19(25)14-11-24(12-14)21-23-17-10-16(27-2)8-9-18(17)29-21/h4-10,14H,3,11-12H2,1-2H3,(H,22,25). The van der Waals surface area contributed by atoms with Crippen molar-refractivity contribution in [1.82, 2.24) is 4.98 Å². The van der Waals surface area contributed by atoms with Gasteiger partial charge in [-0.15, -0.1) is 0 Å². The first kappa shape index (κ1) is 19.2. The fraction of sp³-hybridized carbons (Fsp3) is 0.286. The summed E-state index contributed by atoms with van der Waals surface area (Å²) in [6.07, 6.45) is 0. The molecule has 0 bridgehead atoms. The molecule has 150 valence electrons. The number of nitrogens with one attached hydrogen (secondary N) is 1. The predicted octanol–water partition coefficient (Wildman–Crippen LogP) is 3.56. The zero-order valence-electron chi connectivity index (χ0n) is 16.2. The maximum Gasteiger partial charge on any atom is 0.338 e. The van der Waals surface area contributed by atoms with Crippen LogP contribution < -0.4 is 15.0 Å². The molecule has 0 unspecified atom stereocenters. The lowest BCUT2D eigenvalue weighted by Crippen LogP contribution is -2.52. The molecule has 0 radical (unpaired) electrons. The highest BCUT2D eigenvalue weighted by Gasteiger charge is 2.34. The number of hydrogen-bond donors (Lipinski definition) is 1. The third kappa shape index (κ3) is 4.02. The minimum Gasteiger partial charge on any atom is -0.497 e. The van der Waals surface area contributed by atoms with Gasteiger partial charge in [-0.3, -0.25) is 4.79 Å². The smallest absolute Gasteiger partial charge is 0.338 e. The summed E-state index contributed by atoms with van der Waals surface area (Å²) >= 11 is 1.61. The molecule has 1 N–H and O–H groups in total. The van der Waals surface area contributed by atoms with Gasteiger partial charge in [-0.2, -0.15) is 0 Å². The topological polar surface area (TPSA) is 80.8 Å². The van der Waals surface area contributed by atoms with E-state index in [2.05, 4.69) is 15.2 Å². The molecule has 0 saturated carbocycles. The molecule has 1 aromatic heterocycles. The highest BCUT2D eigenvalue weighted by Crippen LogP contribution is 2.34. The number of rotatable bonds is 6. The van der Waals surface area contributed by atoms with Crippen molar-refractivity contribution >= 4 is 44.2 Å². The number of fused-ring (bicyclic) bond motifs is 1. The quantitative estimate of drug-likeness (QED) is 0.625. The number of esters is 1. The molecule has 2 heterocycles. The Balaban J connectivity index is 1.34. The molecule has 8 heteroatoms. The van der Waals surface area contributed by atoms with Crippen molar-refractivity contribution in [2.75, 3.05) is 37.0 Å². The van der Waals surface area contributed by atoms with Crippen LogP contribution in [-0.2, 0) is 9.53 Å². The van der Waals surface area contributed by atoms with Gasteiger partial charge in [0.25, 0.3) is 0 Å². The molecule has 1 aliphatic rings. The van der Waals surface area contributed by atoms with E-state index in [1.807, 2.05) is 18.2 Å². The van der Waals surface area contributed by atoms with Gasteiger partial charge in [-0.1, -0.05) is 11.3 Å². The van der Waals surface area contributed by atoms with Crippen LogP contribution >= 0.6 is 11.3 Å². The highest BCUT2D eigenvalue weighted by atomic mass is 32.1. The SMILES string of the molecule is CCOC(=O)c1ccc(NC(=O)C2CN(c3nc4cc(OC)ccc4s3)C2)cc1. The summed E-state index contributed by atoms with van der Waals surface area (Å²) in [5.41, 5.74) is 2.03. The zero-order valence-corrected chi connectivity index (χ0v) is 17.0. The largest absolute Gasteiger partial charge is 0.497 e. The lowest BCUT2D eigenvalue weighted by Gasteiger charge is -2.37. The van der Waals surface area contributed by atoms with E-state index in [-0.39, 0.29) is 17.8 Å². The maximum absolute atomic E-state index is 12.5. The van der Waals surface area contributed by atoms with E-state index in [0.717, 1.165) is 21.1 Å². The fourth-order valence-corrected chi connectivity index (χ4v) is 4.07. The van der Waals surface area contributed by atoms with E-state index < -0.39 is 0 Å². The minimum atomic E-state index is -0.367. The number of anilines is 2. The van der Waals surface area contributed by atoms with Crippen LogP contribution in [0.4, 0.5) is 10.8 Å². The summed E-state index contributed by atoms with van der Waals surface area (Å²) in [7, 11) is 1.64. The first-order chi connectivity index (χ1) is 14.1. The van der Waals surface area contributed by atoms with Crippen LogP contribution in [0.5, 0.6) is 5.75 Å². The van der Waals surface area contributed by atoms with E-state index in [1.165, 1.54) is 0 Å². The van der Waals surface area contributed by atoms with E-state index in [0.29, 0.717) is 30.9 Å². The van der Waals surface area contributed by atoms with Gasteiger partial charge in [0.2, 0.25) is 5.91 Å². The molecule has 0 spiro atoms. The first-order valence-electron chi connectivity index (χ1n) is 9.35. The molecule has 0 aliphatic carbocycles. The summed E-state index contributed by atoms with van der Waals surface area (Å²) in [5.74, 6) is 0.284. The molecule has 4 rings (SSSR count). The zero-order chi connectivity index (χ0) is 20.4. The van der Waals surface area contributed by atoms with Crippen molar-refractivity contribution in [1.29, 1.82) is 0 Å². The molecule has 1 amide bonds. The first-order valence-corrected chi connectivity index (χ1v) is 10.2. The number of carbonyl (C=O) groups is 2. The average molecular weight is 411 g/mol. The lowest BCUT2D eigenvalue weighted by molar-refractivity contribution is -0.120. The summed E-state index contributed by atoms with van der Waals surface area (Å²) in [6.45, 7) is 3.35. The number of methoxy groups -OCH3 is 1. The Morgan fingerprint density at radius 2 is 1.97 bits per heavy atom. The predicted molar refractivity (Wildman–Crippen MR) is 113 cm³/mol. The Morgan fingerprint density at radius 1 is 1.21 bits per heavy atom. The Bertz CT molecular complexity index is 1040. The second-order valence-corrected chi connectivity index (χ2v) is 7.73. The fourth-order valence-electron chi connectivity index (χ4n) is 3.11. The van der Waals surface area contributed by atoms with Crippen LogP contribution in [-0.4, -0.2) is 43.7 Å². The van der Waals surface area contributed by atoms with Crippen molar-refractivity contribution in [2.24, 2.45) is 5.92 Å². The summed E-state index contributed by atoms with van der Waals surface area (Å²) < 4.78 is 11.3. The van der Waals surface area contributed by atoms with Gasteiger partial charge in [0, 0.05) is 24.8 Å². The van der Waals surface area contributed by atoms with Crippen LogP contribution in [0.1, 0.15) is 17.3 Å². The minimum absolute atomic E-state index is 0.0343. The van der Waals surface area contributed by atoms with Crippen LogP contribution in [0, 0.1) is 5.92 Å². The van der Waals surface area contributed by atoms with Gasteiger partial charge in [0.05, 0.1) is 35.4 Å². The second kappa shape index (κ2) is 8.08. The second-order valence-electron chi connectivity index (χ2n) is 6.72. The number of carbonyl (C=O) groups excluding carboxylic acids is 2. The monoisotopic (exact) mass is 411 g/mol. The molecular weight excluding hydrogens is 390 g/mol. The van der Waals surface area contributed by atoms with E-state index >= 15 is 0 Å². The van der Waals surface area contributed by atoms with Crippen LogP contribution in [0.3, 0.4) is 0 Å². The Labute approximate surface area is 172 Å². The molecule has 1 aliphatic heterocycles. The molecule has 7 nitrogen and oxygen atoms in total. The van der Waals surface area contributed by atoms with Crippen LogP contribution in [0.25, 0.3) is 10.2 Å². The van der Waals surface area contributed by atoms with Crippen LogP contribution in [0.15, 0.2) is 42.5 Å².